The Kier molecular flexibility index (Phi) is 5.41. The Labute approximate surface area is 146 Å². The minimum absolute atomic E-state index is 0.0122. The summed E-state index contributed by atoms with van der Waals surface area (Å²) in [6.45, 7) is 0.564. The van der Waals surface area contributed by atoms with Gasteiger partial charge in [-0.1, -0.05) is 30.3 Å². The second-order valence-electron chi connectivity index (χ2n) is 5.65. The molecule has 1 amide bonds. The molecule has 0 spiro atoms. The van der Waals surface area contributed by atoms with Crippen molar-refractivity contribution < 1.29 is 9.53 Å². The lowest BCUT2D eigenvalue weighted by atomic mass is 10.1. The molecule has 25 heavy (non-hydrogen) atoms. The number of carbonyl (C=O) groups excluding carboxylic acids is 1. The number of methoxy groups -OCH3 is 1. The van der Waals surface area contributed by atoms with Crippen LogP contribution in [-0.2, 0) is 17.8 Å². The zero-order valence-electron chi connectivity index (χ0n) is 14.1. The topological polar surface area (TPSA) is 69.0 Å². The molecule has 128 valence electrons. The molecule has 1 aromatic heterocycles. The van der Waals surface area contributed by atoms with Gasteiger partial charge in [-0.25, -0.2) is 9.67 Å². The molecule has 0 fully saturated rings. The number of ether oxygens (including phenoxy) is 1. The molecule has 1 N–H and O–H groups in total. The van der Waals surface area contributed by atoms with E-state index in [1.165, 1.54) is 6.33 Å². The van der Waals surface area contributed by atoms with Crippen LogP contribution in [0.2, 0.25) is 0 Å². The van der Waals surface area contributed by atoms with Crippen molar-refractivity contribution >= 4 is 11.6 Å². The predicted octanol–water partition coefficient (Wildman–Crippen LogP) is 2.91. The molecule has 0 atom stereocenters. The van der Waals surface area contributed by atoms with Crippen LogP contribution in [0.25, 0.3) is 0 Å². The molecule has 2 aromatic carbocycles. The van der Waals surface area contributed by atoms with E-state index >= 15 is 0 Å². The third kappa shape index (κ3) is 4.67. The molecular formula is C19H20N4O2. The SMILES string of the molecule is COc1ccc(CCC(=O)Nc2ccccc2Cn2cncn2)cc1. The second-order valence-corrected chi connectivity index (χ2v) is 5.65. The van der Waals surface area contributed by atoms with Crippen molar-refractivity contribution in [3.05, 3.63) is 72.3 Å². The van der Waals surface area contributed by atoms with Crippen LogP contribution < -0.4 is 10.1 Å². The monoisotopic (exact) mass is 336 g/mol. The van der Waals surface area contributed by atoms with Crippen molar-refractivity contribution in [2.24, 2.45) is 0 Å². The summed E-state index contributed by atoms with van der Waals surface area (Å²) in [6, 6.07) is 15.5. The number of benzene rings is 2. The Balaban J connectivity index is 1.59. The number of rotatable bonds is 7. The van der Waals surface area contributed by atoms with E-state index in [1.54, 1.807) is 18.1 Å². The highest BCUT2D eigenvalue weighted by Crippen LogP contribution is 2.17. The van der Waals surface area contributed by atoms with Crippen molar-refractivity contribution in [3.63, 3.8) is 0 Å². The van der Waals surface area contributed by atoms with E-state index in [4.69, 9.17) is 4.74 Å². The second kappa shape index (κ2) is 8.10. The molecule has 3 aromatic rings. The number of carbonyl (C=O) groups is 1. The Morgan fingerprint density at radius 3 is 2.68 bits per heavy atom. The van der Waals surface area contributed by atoms with Gasteiger partial charge in [0, 0.05) is 12.1 Å². The molecule has 0 aliphatic carbocycles. The normalized spacial score (nSPS) is 10.4. The van der Waals surface area contributed by atoms with Crippen molar-refractivity contribution in [3.8, 4) is 5.75 Å². The van der Waals surface area contributed by atoms with Crippen LogP contribution >= 0.6 is 0 Å². The van der Waals surface area contributed by atoms with Gasteiger partial charge >= 0.3 is 0 Å². The van der Waals surface area contributed by atoms with Crippen molar-refractivity contribution in [1.82, 2.24) is 14.8 Å². The fourth-order valence-corrected chi connectivity index (χ4v) is 2.53. The van der Waals surface area contributed by atoms with Gasteiger partial charge in [0.2, 0.25) is 5.91 Å². The molecule has 0 bridgehead atoms. The number of aromatic nitrogens is 3. The number of hydrogen-bond acceptors (Lipinski definition) is 4. The Bertz CT molecular complexity index is 814. The molecule has 3 rings (SSSR count). The molecule has 6 heteroatoms. The lowest BCUT2D eigenvalue weighted by molar-refractivity contribution is -0.116. The van der Waals surface area contributed by atoms with Crippen molar-refractivity contribution in [1.29, 1.82) is 0 Å². The molecule has 1 heterocycles. The lowest BCUT2D eigenvalue weighted by Gasteiger charge is -2.11. The van der Waals surface area contributed by atoms with Crippen LogP contribution in [0.3, 0.4) is 0 Å². The highest BCUT2D eigenvalue weighted by molar-refractivity contribution is 5.91. The van der Waals surface area contributed by atoms with Gasteiger partial charge in [0.25, 0.3) is 0 Å². The van der Waals surface area contributed by atoms with Crippen LogP contribution in [0, 0.1) is 0 Å². The molecule has 0 aliphatic heterocycles. The zero-order valence-corrected chi connectivity index (χ0v) is 14.1. The van der Waals surface area contributed by atoms with E-state index in [2.05, 4.69) is 15.4 Å². The number of amides is 1. The number of para-hydroxylation sites is 1. The first-order valence-corrected chi connectivity index (χ1v) is 8.07. The average Bonchev–Trinajstić information content (AvgIpc) is 3.15. The summed E-state index contributed by atoms with van der Waals surface area (Å²) in [5.74, 6) is 0.803. The summed E-state index contributed by atoms with van der Waals surface area (Å²) in [6.07, 6.45) is 4.25. The fraction of sp³-hybridized carbons (Fsp3) is 0.211. The quantitative estimate of drug-likeness (QED) is 0.720. The third-order valence-electron chi connectivity index (χ3n) is 3.89. The van der Waals surface area contributed by atoms with Crippen LogP contribution in [0.5, 0.6) is 5.75 Å². The largest absolute Gasteiger partial charge is 0.497 e. The molecular weight excluding hydrogens is 316 g/mol. The van der Waals surface area contributed by atoms with Crippen LogP contribution in [0.4, 0.5) is 5.69 Å². The van der Waals surface area contributed by atoms with Gasteiger partial charge in [-0.05, 0) is 35.7 Å². The number of aryl methyl sites for hydroxylation is 1. The molecule has 0 aliphatic rings. The third-order valence-corrected chi connectivity index (χ3v) is 3.89. The van der Waals surface area contributed by atoms with Crippen LogP contribution in [0.1, 0.15) is 17.5 Å². The summed E-state index contributed by atoms with van der Waals surface area (Å²) in [5, 5.41) is 7.10. The first-order chi connectivity index (χ1) is 12.2. The number of anilines is 1. The van der Waals surface area contributed by atoms with Gasteiger partial charge in [0.15, 0.2) is 0 Å². The van der Waals surface area contributed by atoms with Gasteiger partial charge < -0.3 is 10.1 Å². The maximum absolute atomic E-state index is 12.3. The van der Waals surface area contributed by atoms with Gasteiger partial charge in [-0.3, -0.25) is 4.79 Å². The van der Waals surface area contributed by atoms with Crippen molar-refractivity contribution in [2.45, 2.75) is 19.4 Å². The van der Waals surface area contributed by atoms with Gasteiger partial charge in [-0.2, -0.15) is 5.10 Å². The number of nitrogens with zero attached hydrogens (tertiary/aromatic N) is 3. The van der Waals surface area contributed by atoms with E-state index in [9.17, 15) is 4.79 Å². The molecule has 6 nitrogen and oxygen atoms in total. The molecule has 0 saturated heterocycles. The summed E-state index contributed by atoms with van der Waals surface area (Å²) < 4.78 is 6.86. The van der Waals surface area contributed by atoms with E-state index < -0.39 is 0 Å². The lowest BCUT2D eigenvalue weighted by Crippen LogP contribution is -2.14. The minimum atomic E-state index is -0.0122. The molecule has 0 unspecified atom stereocenters. The fourth-order valence-electron chi connectivity index (χ4n) is 2.53. The summed E-state index contributed by atoms with van der Waals surface area (Å²) in [7, 11) is 1.64. The van der Waals surface area contributed by atoms with Gasteiger partial charge in [0.05, 0.1) is 13.7 Å². The maximum atomic E-state index is 12.3. The minimum Gasteiger partial charge on any atom is -0.497 e. The number of nitrogens with one attached hydrogen (secondary N) is 1. The predicted molar refractivity (Wildman–Crippen MR) is 95.5 cm³/mol. The first-order valence-electron chi connectivity index (χ1n) is 8.07. The van der Waals surface area contributed by atoms with E-state index in [1.807, 2.05) is 48.5 Å². The standard InChI is InChI=1S/C19H20N4O2/c1-25-17-9-6-15(7-10-17)8-11-19(24)22-18-5-3-2-4-16(18)12-23-14-20-13-21-23/h2-7,9-10,13-14H,8,11-12H2,1H3,(H,22,24). The van der Waals surface area contributed by atoms with Crippen molar-refractivity contribution in [2.75, 3.05) is 12.4 Å². The Morgan fingerprint density at radius 2 is 1.96 bits per heavy atom. The highest BCUT2D eigenvalue weighted by atomic mass is 16.5. The maximum Gasteiger partial charge on any atom is 0.224 e. The van der Waals surface area contributed by atoms with Gasteiger partial charge in [-0.15, -0.1) is 0 Å². The summed E-state index contributed by atoms with van der Waals surface area (Å²) >= 11 is 0. The van der Waals surface area contributed by atoms with E-state index in [0.29, 0.717) is 19.4 Å². The zero-order chi connectivity index (χ0) is 17.5. The summed E-state index contributed by atoms with van der Waals surface area (Å²) in [5.41, 5.74) is 2.90. The van der Waals surface area contributed by atoms with E-state index in [0.717, 1.165) is 22.6 Å². The Morgan fingerprint density at radius 1 is 1.16 bits per heavy atom. The molecule has 0 radical (unpaired) electrons. The highest BCUT2D eigenvalue weighted by Gasteiger charge is 2.08. The smallest absolute Gasteiger partial charge is 0.224 e. The average molecular weight is 336 g/mol. The number of hydrogen-bond donors (Lipinski definition) is 1. The summed E-state index contributed by atoms with van der Waals surface area (Å²) in [4.78, 5) is 16.2. The van der Waals surface area contributed by atoms with Crippen LogP contribution in [0.15, 0.2) is 61.2 Å². The Hall–Kier alpha value is -3.15. The van der Waals surface area contributed by atoms with Gasteiger partial charge in [0.1, 0.15) is 18.4 Å². The first kappa shape index (κ1) is 16.7. The molecule has 0 saturated carbocycles. The van der Waals surface area contributed by atoms with Crippen LogP contribution in [-0.4, -0.2) is 27.8 Å². The van der Waals surface area contributed by atoms with E-state index in [-0.39, 0.29) is 5.91 Å².